The number of rotatable bonds is 3. The highest BCUT2D eigenvalue weighted by atomic mass is 127. The fourth-order valence-corrected chi connectivity index (χ4v) is 4.88. The summed E-state index contributed by atoms with van der Waals surface area (Å²) in [5, 5.41) is 3.89. The van der Waals surface area contributed by atoms with Gasteiger partial charge in [-0.2, -0.15) is 0 Å². The van der Waals surface area contributed by atoms with Crippen molar-refractivity contribution in [3.05, 3.63) is 27.3 Å². The molecule has 0 heterocycles. The summed E-state index contributed by atoms with van der Waals surface area (Å²) in [5.74, 6) is 1.90. The van der Waals surface area contributed by atoms with Crippen molar-refractivity contribution in [3.8, 4) is 0 Å². The molecule has 2 aliphatic carbocycles. The van der Waals surface area contributed by atoms with Crippen molar-refractivity contribution in [2.45, 2.75) is 70.8 Å². The van der Waals surface area contributed by atoms with Crippen molar-refractivity contribution in [3.63, 3.8) is 0 Å². The zero-order valence-corrected chi connectivity index (χ0v) is 15.4. The van der Waals surface area contributed by atoms with Crippen LogP contribution in [0.15, 0.2) is 18.2 Å². The SMILES string of the molecule is Cc1ccc(NC2CCCCC2C2CCCCC2)cc1I. The molecule has 0 radical (unpaired) electrons. The van der Waals surface area contributed by atoms with Gasteiger partial charge in [0.15, 0.2) is 0 Å². The van der Waals surface area contributed by atoms with Crippen LogP contribution in [0.5, 0.6) is 0 Å². The summed E-state index contributed by atoms with van der Waals surface area (Å²) < 4.78 is 1.38. The minimum Gasteiger partial charge on any atom is -0.382 e. The smallest absolute Gasteiger partial charge is 0.0353 e. The first-order valence-electron chi connectivity index (χ1n) is 8.77. The summed E-state index contributed by atoms with van der Waals surface area (Å²) in [6.07, 6.45) is 13.0. The zero-order chi connectivity index (χ0) is 14.7. The van der Waals surface area contributed by atoms with Gasteiger partial charge < -0.3 is 5.32 Å². The Balaban J connectivity index is 1.69. The highest BCUT2D eigenvalue weighted by Crippen LogP contribution is 2.39. The maximum atomic E-state index is 3.89. The first-order chi connectivity index (χ1) is 10.2. The second-order valence-electron chi connectivity index (χ2n) is 7.06. The number of benzene rings is 1. The van der Waals surface area contributed by atoms with Gasteiger partial charge in [0.2, 0.25) is 0 Å². The van der Waals surface area contributed by atoms with Crippen LogP contribution in [0.25, 0.3) is 0 Å². The second kappa shape index (κ2) is 7.34. The van der Waals surface area contributed by atoms with Crippen molar-refractivity contribution in [2.24, 2.45) is 11.8 Å². The Morgan fingerprint density at radius 2 is 1.67 bits per heavy atom. The molecule has 21 heavy (non-hydrogen) atoms. The van der Waals surface area contributed by atoms with E-state index < -0.39 is 0 Å². The Hall–Kier alpha value is -0.250. The van der Waals surface area contributed by atoms with E-state index in [9.17, 15) is 0 Å². The molecule has 2 aliphatic rings. The third kappa shape index (κ3) is 3.94. The van der Waals surface area contributed by atoms with Crippen molar-refractivity contribution >= 4 is 28.3 Å². The van der Waals surface area contributed by atoms with Crippen LogP contribution >= 0.6 is 22.6 Å². The lowest BCUT2D eigenvalue weighted by atomic mass is 9.71. The summed E-state index contributed by atoms with van der Waals surface area (Å²) >= 11 is 2.45. The second-order valence-corrected chi connectivity index (χ2v) is 8.22. The molecule has 2 saturated carbocycles. The Bertz CT molecular complexity index is 465. The van der Waals surface area contributed by atoms with E-state index in [1.807, 2.05) is 0 Å². The molecule has 2 heteroatoms. The van der Waals surface area contributed by atoms with E-state index in [1.54, 1.807) is 0 Å². The van der Waals surface area contributed by atoms with E-state index in [4.69, 9.17) is 0 Å². The minimum atomic E-state index is 0.709. The average Bonchev–Trinajstić information content (AvgIpc) is 2.52. The Morgan fingerprint density at radius 3 is 2.43 bits per heavy atom. The summed E-state index contributed by atoms with van der Waals surface area (Å²) in [6, 6.07) is 7.55. The molecule has 2 fully saturated rings. The van der Waals surface area contributed by atoms with Crippen LogP contribution < -0.4 is 5.32 Å². The van der Waals surface area contributed by atoms with Gasteiger partial charge >= 0.3 is 0 Å². The molecule has 0 aromatic heterocycles. The molecule has 0 saturated heterocycles. The Morgan fingerprint density at radius 1 is 0.952 bits per heavy atom. The van der Waals surface area contributed by atoms with Gasteiger partial charge in [0.1, 0.15) is 0 Å². The molecule has 1 N–H and O–H groups in total. The van der Waals surface area contributed by atoms with E-state index in [0.717, 1.165) is 11.8 Å². The fraction of sp³-hybridized carbons (Fsp3) is 0.684. The molecule has 1 aromatic carbocycles. The predicted molar refractivity (Wildman–Crippen MR) is 99.8 cm³/mol. The van der Waals surface area contributed by atoms with Gasteiger partial charge in [-0.05, 0) is 71.9 Å². The van der Waals surface area contributed by atoms with Gasteiger partial charge in [0, 0.05) is 15.3 Å². The van der Waals surface area contributed by atoms with Crippen LogP contribution in [-0.2, 0) is 0 Å². The summed E-state index contributed by atoms with van der Waals surface area (Å²) in [7, 11) is 0. The fourth-order valence-electron chi connectivity index (χ4n) is 4.36. The van der Waals surface area contributed by atoms with Gasteiger partial charge in [-0.15, -0.1) is 0 Å². The van der Waals surface area contributed by atoms with Crippen molar-refractivity contribution in [2.75, 3.05) is 5.32 Å². The lowest BCUT2D eigenvalue weighted by Gasteiger charge is -2.40. The third-order valence-corrected chi connectivity index (χ3v) is 6.76. The molecule has 0 aliphatic heterocycles. The first-order valence-corrected chi connectivity index (χ1v) is 9.84. The quantitative estimate of drug-likeness (QED) is 0.603. The Labute approximate surface area is 143 Å². The van der Waals surface area contributed by atoms with Crippen LogP contribution in [0.3, 0.4) is 0 Å². The van der Waals surface area contributed by atoms with Crippen LogP contribution in [0.4, 0.5) is 5.69 Å². The molecular weight excluding hydrogens is 369 g/mol. The van der Waals surface area contributed by atoms with Crippen LogP contribution in [0.2, 0.25) is 0 Å². The summed E-state index contributed by atoms with van der Waals surface area (Å²) in [4.78, 5) is 0. The maximum Gasteiger partial charge on any atom is 0.0353 e. The topological polar surface area (TPSA) is 12.0 Å². The van der Waals surface area contributed by atoms with Gasteiger partial charge in [-0.25, -0.2) is 0 Å². The van der Waals surface area contributed by atoms with Crippen molar-refractivity contribution in [1.82, 2.24) is 0 Å². The molecule has 0 bridgehead atoms. The molecular formula is C19H28IN. The van der Waals surface area contributed by atoms with E-state index in [-0.39, 0.29) is 0 Å². The molecule has 0 spiro atoms. The maximum absolute atomic E-state index is 3.89. The largest absolute Gasteiger partial charge is 0.382 e. The predicted octanol–water partition coefficient (Wildman–Crippen LogP) is 6.15. The lowest BCUT2D eigenvalue weighted by molar-refractivity contribution is 0.180. The highest BCUT2D eigenvalue weighted by molar-refractivity contribution is 14.1. The van der Waals surface area contributed by atoms with Gasteiger partial charge in [-0.1, -0.05) is 51.0 Å². The van der Waals surface area contributed by atoms with Crippen molar-refractivity contribution in [1.29, 1.82) is 0 Å². The van der Waals surface area contributed by atoms with Gasteiger partial charge in [-0.3, -0.25) is 0 Å². The third-order valence-electron chi connectivity index (χ3n) is 5.60. The number of nitrogens with one attached hydrogen (secondary N) is 1. The molecule has 0 amide bonds. The first kappa shape index (κ1) is 15.6. The Kier molecular flexibility index (Phi) is 5.47. The number of hydrogen-bond donors (Lipinski definition) is 1. The minimum absolute atomic E-state index is 0.709. The van der Waals surface area contributed by atoms with Gasteiger partial charge in [0.25, 0.3) is 0 Å². The molecule has 1 aromatic rings. The van der Waals surface area contributed by atoms with Crippen LogP contribution in [0, 0.1) is 22.3 Å². The normalized spacial score (nSPS) is 27.5. The molecule has 2 unspecified atom stereocenters. The molecule has 1 nitrogen and oxygen atoms in total. The molecule has 116 valence electrons. The summed E-state index contributed by atoms with van der Waals surface area (Å²) in [6.45, 7) is 2.19. The van der Waals surface area contributed by atoms with Gasteiger partial charge in [0.05, 0.1) is 0 Å². The van der Waals surface area contributed by atoms with E-state index in [2.05, 4.69) is 53.0 Å². The number of hydrogen-bond acceptors (Lipinski definition) is 1. The van der Waals surface area contributed by atoms with Crippen LogP contribution in [-0.4, -0.2) is 6.04 Å². The van der Waals surface area contributed by atoms with Crippen LogP contribution in [0.1, 0.15) is 63.4 Å². The lowest BCUT2D eigenvalue weighted by Crippen LogP contribution is -2.37. The highest BCUT2D eigenvalue weighted by Gasteiger charge is 2.32. The zero-order valence-electron chi connectivity index (χ0n) is 13.2. The number of halogens is 1. The van der Waals surface area contributed by atoms with E-state index in [0.29, 0.717) is 6.04 Å². The van der Waals surface area contributed by atoms with E-state index >= 15 is 0 Å². The van der Waals surface area contributed by atoms with Crippen molar-refractivity contribution < 1.29 is 0 Å². The van der Waals surface area contributed by atoms with E-state index in [1.165, 1.54) is 72.6 Å². The summed E-state index contributed by atoms with van der Waals surface area (Å²) in [5.41, 5.74) is 2.71. The number of anilines is 1. The molecule has 3 rings (SSSR count). The standard InChI is InChI=1S/C19H28IN/c1-14-11-12-16(13-18(14)20)21-19-10-6-5-9-17(19)15-7-3-2-4-8-15/h11-13,15,17,19,21H,2-10H2,1H3. The number of aryl methyl sites for hydroxylation is 1. The monoisotopic (exact) mass is 397 g/mol. The molecule has 2 atom stereocenters. The average molecular weight is 397 g/mol.